The van der Waals surface area contributed by atoms with Crippen molar-refractivity contribution in [3.05, 3.63) is 57.8 Å². The van der Waals surface area contributed by atoms with Gasteiger partial charge in [-0.15, -0.1) is 17.8 Å². The molecule has 2 heterocycles. The SMILES string of the molecule is C#CCn1c(=NC(=O)c2ccc3ncsc3c2)sc2cc(F)cc(F)c21. The van der Waals surface area contributed by atoms with Crippen LogP contribution in [0.4, 0.5) is 8.78 Å². The number of carbonyl (C=O) groups is 1. The van der Waals surface area contributed by atoms with Crippen LogP contribution in [0.5, 0.6) is 0 Å². The van der Waals surface area contributed by atoms with Gasteiger partial charge >= 0.3 is 0 Å². The molecule has 4 nitrogen and oxygen atoms in total. The monoisotopic (exact) mass is 385 g/mol. The molecule has 2 aromatic carbocycles. The zero-order valence-electron chi connectivity index (χ0n) is 13.1. The first kappa shape index (κ1) is 16.6. The van der Waals surface area contributed by atoms with E-state index >= 15 is 0 Å². The van der Waals surface area contributed by atoms with Crippen LogP contribution in [0.1, 0.15) is 10.4 Å². The Hall–Kier alpha value is -2.89. The summed E-state index contributed by atoms with van der Waals surface area (Å²) in [5.41, 5.74) is 3.02. The molecular formula is C18H9F2N3OS2. The Kier molecular flexibility index (Phi) is 4.11. The standard InChI is InChI=1S/C18H9F2N3OS2/c1-2-5-23-16-12(20)7-11(19)8-15(16)26-18(23)22-17(24)10-3-4-13-14(6-10)25-9-21-13/h1,3-4,6-9H,5H2. The van der Waals surface area contributed by atoms with Crippen LogP contribution < -0.4 is 4.80 Å². The fourth-order valence-electron chi connectivity index (χ4n) is 2.59. The van der Waals surface area contributed by atoms with Crippen molar-refractivity contribution in [2.75, 3.05) is 0 Å². The van der Waals surface area contributed by atoms with E-state index in [-0.39, 0.29) is 16.9 Å². The molecule has 1 amide bonds. The van der Waals surface area contributed by atoms with Crippen molar-refractivity contribution in [3.63, 3.8) is 0 Å². The van der Waals surface area contributed by atoms with Gasteiger partial charge in [0.25, 0.3) is 5.91 Å². The summed E-state index contributed by atoms with van der Waals surface area (Å²) in [4.78, 5) is 21.0. The van der Waals surface area contributed by atoms with Gasteiger partial charge in [0.1, 0.15) is 5.82 Å². The Balaban J connectivity index is 1.89. The summed E-state index contributed by atoms with van der Waals surface area (Å²) in [7, 11) is 0. The maximum Gasteiger partial charge on any atom is 0.279 e. The van der Waals surface area contributed by atoms with E-state index in [2.05, 4.69) is 15.9 Å². The third-order valence-corrected chi connectivity index (χ3v) is 5.54. The fourth-order valence-corrected chi connectivity index (χ4v) is 4.38. The van der Waals surface area contributed by atoms with E-state index < -0.39 is 17.5 Å². The van der Waals surface area contributed by atoms with E-state index in [0.717, 1.165) is 27.6 Å². The minimum atomic E-state index is -0.744. The summed E-state index contributed by atoms with van der Waals surface area (Å²) >= 11 is 2.43. The number of benzene rings is 2. The Bertz CT molecular complexity index is 1280. The van der Waals surface area contributed by atoms with Gasteiger partial charge in [-0.25, -0.2) is 13.8 Å². The van der Waals surface area contributed by atoms with Crippen molar-refractivity contribution < 1.29 is 13.6 Å². The number of fused-ring (bicyclic) bond motifs is 2. The lowest BCUT2D eigenvalue weighted by Gasteiger charge is -2.01. The maximum absolute atomic E-state index is 14.2. The highest BCUT2D eigenvalue weighted by Gasteiger charge is 2.14. The maximum atomic E-state index is 14.2. The molecule has 0 aliphatic heterocycles. The highest BCUT2D eigenvalue weighted by molar-refractivity contribution is 7.17. The molecule has 0 aliphatic carbocycles. The molecule has 0 N–H and O–H groups in total. The van der Waals surface area contributed by atoms with Gasteiger partial charge in [-0.1, -0.05) is 17.3 Å². The van der Waals surface area contributed by atoms with Crippen molar-refractivity contribution in [1.29, 1.82) is 0 Å². The normalized spacial score (nSPS) is 12.0. The van der Waals surface area contributed by atoms with Gasteiger partial charge in [0.05, 0.1) is 32.5 Å². The first-order chi connectivity index (χ1) is 12.6. The number of halogens is 2. The van der Waals surface area contributed by atoms with Crippen LogP contribution in [-0.4, -0.2) is 15.5 Å². The molecule has 0 fully saturated rings. The molecule has 128 valence electrons. The lowest BCUT2D eigenvalue weighted by molar-refractivity contribution is 0.0998. The summed E-state index contributed by atoms with van der Waals surface area (Å²) in [6.07, 6.45) is 5.36. The van der Waals surface area contributed by atoms with Gasteiger partial charge in [-0.05, 0) is 24.3 Å². The quantitative estimate of drug-likeness (QED) is 0.490. The van der Waals surface area contributed by atoms with Gasteiger partial charge < -0.3 is 4.57 Å². The Morgan fingerprint density at radius 2 is 2.12 bits per heavy atom. The first-order valence-corrected chi connectivity index (χ1v) is 9.10. The second kappa shape index (κ2) is 6.44. The molecule has 0 unspecified atom stereocenters. The minimum absolute atomic E-state index is 0.0164. The van der Waals surface area contributed by atoms with Crippen molar-refractivity contribution in [2.24, 2.45) is 4.99 Å². The van der Waals surface area contributed by atoms with Crippen LogP contribution in [0.3, 0.4) is 0 Å². The van der Waals surface area contributed by atoms with Gasteiger partial charge in [-0.2, -0.15) is 4.99 Å². The zero-order valence-corrected chi connectivity index (χ0v) is 14.7. The second-order valence-corrected chi connectivity index (χ2v) is 7.26. The summed E-state index contributed by atoms with van der Waals surface area (Å²) in [5, 5.41) is 0. The highest BCUT2D eigenvalue weighted by Crippen LogP contribution is 2.23. The van der Waals surface area contributed by atoms with Crippen LogP contribution in [0, 0.1) is 24.0 Å². The molecule has 0 bridgehead atoms. The average Bonchev–Trinajstić information content (AvgIpc) is 3.19. The van der Waals surface area contributed by atoms with Crippen molar-refractivity contribution in [2.45, 2.75) is 6.54 Å². The topological polar surface area (TPSA) is 47.2 Å². The first-order valence-electron chi connectivity index (χ1n) is 7.41. The van der Waals surface area contributed by atoms with Crippen LogP contribution in [0.15, 0.2) is 40.8 Å². The number of terminal acetylenes is 1. The smallest absolute Gasteiger partial charge is 0.279 e. The van der Waals surface area contributed by atoms with E-state index in [1.54, 1.807) is 23.7 Å². The minimum Gasteiger partial charge on any atom is -0.302 e. The van der Waals surface area contributed by atoms with Crippen LogP contribution in [-0.2, 0) is 6.54 Å². The summed E-state index contributed by atoms with van der Waals surface area (Å²) in [6.45, 7) is 0.0164. The van der Waals surface area contributed by atoms with Crippen molar-refractivity contribution >= 4 is 49.0 Å². The Labute approximate surface area is 154 Å². The molecule has 0 radical (unpaired) electrons. The van der Waals surface area contributed by atoms with Gasteiger partial charge in [0, 0.05) is 11.6 Å². The Morgan fingerprint density at radius 3 is 2.92 bits per heavy atom. The molecule has 0 aliphatic rings. The third kappa shape index (κ3) is 2.81. The van der Waals surface area contributed by atoms with Crippen LogP contribution >= 0.6 is 22.7 Å². The predicted octanol–water partition coefficient (Wildman–Crippen LogP) is 3.97. The number of nitrogens with zero attached hydrogens (tertiary/aromatic N) is 3. The summed E-state index contributed by atoms with van der Waals surface area (Å²) in [5.74, 6) is 0.481. The van der Waals surface area contributed by atoms with E-state index in [1.165, 1.54) is 22.0 Å². The van der Waals surface area contributed by atoms with E-state index in [0.29, 0.717) is 10.3 Å². The molecule has 26 heavy (non-hydrogen) atoms. The number of aromatic nitrogens is 2. The summed E-state index contributed by atoms with van der Waals surface area (Å²) < 4.78 is 30.3. The summed E-state index contributed by atoms with van der Waals surface area (Å²) in [6, 6.07) is 7.06. The highest BCUT2D eigenvalue weighted by atomic mass is 32.1. The number of hydrogen-bond donors (Lipinski definition) is 0. The number of rotatable bonds is 2. The molecule has 0 saturated heterocycles. The lowest BCUT2D eigenvalue weighted by atomic mass is 10.2. The number of hydrogen-bond acceptors (Lipinski definition) is 4. The number of carbonyl (C=O) groups excluding carboxylic acids is 1. The van der Waals surface area contributed by atoms with Gasteiger partial charge in [0.15, 0.2) is 10.6 Å². The fraction of sp³-hybridized carbons (Fsp3) is 0.0556. The lowest BCUT2D eigenvalue weighted by Crippen LogP contribution is -2.17. The molecule has 0 atom stereocenters. The van der Waals surface area contributed by atoms with Crippen LogP contribution in [0.2, 0.25) is 0 Å². The zero-order chi connectivity index (χ0) is 18.3. The predicted molar refractivity (Wildman–Crippen MR) is 98.1 cm³/mol. The molecule has 8 heteroatoms. The Morgan fingerprint density at radius 1 is 1.27 bits per heavy atom. The van der Waals surface area contributed by atoms with Gasteiger partial charge in [-0.3, -0.25) is 4.79 Å². The third-order valence-electron chi connectivity index (χ3n) is 3.72. The van der Waals surface area contributed by atoms with Crippen molar-refractivity contribution in [1.82, 2.24) is 9.55 Å². The average molecular weight is 385 g/mol. The molecule has 0 saturated carbocycles. The molecule has 0 spiro atoms. The second-order valence-electron chi connectivity index (χ2n) is 5.36. The largest absolute Gasteiger partial charge is 0.302 e. The van der Waals surface area contributed by atoms with Gasteiger partial charge in [0.2, 0.25) is 0 Å². The van der Waals surface area contributed by atoms with Crippen molar-refractivity contribution in [3.8, 4) is 12.3 Å². The van der Waals surface area contributed by atoms with E-state index in [1.807, 2.05) is 0 Å². The molecule has 2 aromatic heterocycles. The van der Waals surface area contributed by atoms with E-state index in [9.17, 15) is 13.6 Å². The molecule has 4 rings (SSSR count). The number of thiazole rings is 2. The molecular weight excluding hydrogens is 376 g/mol. The number of amides is 1. The molecule has 4 aromatic rings. The van der Waals surface area contributed by atoms with Crippen LogP contribution in [0.25, 0.3) is 20.4 Å². The van der Waals surface area contributed by atoms with E-state index in [4.69, 9.17) is 6.42 Å².